The summed E-state index contributed by atoms with van der Waals surface area (Å²) in [6, 6.07) is 10.0. The van der Waals surface area contributed by atoms with Gasteiger partial charge in [0.05, 0.1) is 17.4 Å². The lowest BCUT2D eigenvalue weighted by atomic mass is 9.94. The molecule has 0 aliphatic carbocycles. The zero-order valence-electron chi connectivity index (χ0n) is 12.0. The summed E-state index contributed by atoms with van der Waals surface area (Å²) in [6.45, 7) is 3.87. The molecule has 106 valence electrons. The van der Waals surface area contributed by atoms with Crippen LogP contribution in [0.15, 0.2) is 42.7 Å². The normalized spacial score (nSPS) is 12.5. The third-order valence-corrected chi connectivity index (χ3v) is 3.64. The standard InChI is InChI=1S/C16H17N5/c1-10-8-15(11(2)21-20-10)16(19-17)14-5-3-4-12-9-18-7-6-13(12)14/h3-9,16,19H,17H2,1-2H3. The fraction of sp³-hybridized carbons (Fsp3) is 0.188. The van der Waals surface area contributed by atoms with Crippen molar-refractivity contribution in [1.82, 2.24) is 20.6 Å². The van der Waals surface area contributed by atoms with E-state index in [9.17, 15) is 0 Å². The first-order valence-corrected chi connectivity index (χ1v) is 6.80. The maximum atomic E-state index is 5.83. The van der Waals surface area contributed by atoms with E-state index < -0.39 is 0 Å². The van der Waals surface area contributed by atoms with Crippen molar-refractivity contribution in [3.63, 3.8) is 0 Å². The van der Waals surface area contributed by atoms with Crippen molar-refractivity contribution in [2.24, 2.45) is 5.84 Å². The van der Waals surface area contributed by atoms with Crippen LogP contribution in [-0.2, 0) is 0 Å². The summed E-state index contributed by atoms with van der Waals surface area (Å²) in [4.78, 5) is 4.17. The second kappa shape index (κ2) is 5.55. The van der Waals surface area contributed by atoms with Gasteiger partial charge in [-0.15, -0.1) is 0 Å². The van der Waals surface area contributed by atoms with Crippen LogP contribution in [0.25, 0.3) is 10.8 Å². The van der Waals surface area contributed by atoms with Gasteiger partial charge in [-0.3, -0.25) is 10.8 Å². The lowest BCUT2D eigenvalue weighted by Crippen LogP contribution is -2.30. The van der Waals surface area contributed by atoms with Crippen LogP contribution in [0.3, 0.4) is 0 Å². The quantitative estimate of drug-likeness (QED) is 0.567. The number of nitrogens with two attached hydrogens (primary N) is 1. The number of pyridine rings is 1. The Morgan fingerprint density at radius 2 is 1.95 bits per heavy atom. The number of hydrogen-bond acceptors (Lipinski definition) is 5. The molecule has 0 aliphatic heterocycles. The van der Waals surface area contributed by atoms with Crippen molar-refractivity contribution < 1.29 is 0 Å². The second-order valence-electron chi connectivity index (χ2n) is 5.07. The number of rotatable bonds is 3. The summed E-state index contributed by atoms with van der Waals surface area (Å²) in [6.07, 6.45) is 3.65. The van der Waals surface area contributed by atoms with Crippen molar-refractivity contribution >= 4 is 10.8 Å². The van der Waals surface area contributed by atoms with Gasteiger partial charge < -0.3 is 0 Å². The highest BCUT2D eigenvalue weighted by Gasteiger charge is 2.18. The van der Waals surface area contributed by atoms with Crippen molar-refractivity contribution in [3.05, 3.63) is 65.2 Å². The Kier molecular flexibility index (Phi) is 3.60. The molecule has 0 aliphatic rings. The summed E-state index contributed by atoms with van der Waals surface area (Å²) >= 11 is 0. The largest absolute Gasteiger partial charge is 0.271 e. The van der Waals surface area contributed by atoms with Crippen LogP contribution in [0.4, 0.5) is 0 Å². The van der Waals surface area contributed by atoms with Gasteiger partial charge in [0.15, 0.2) is 0 Å². The first kappa shape index (κ1) is 13.6. The van der Waals surface area contributed by atoms with Gasteiger partial charge in [-0.2, -0.15) is 10.2 Å². The molecular formula is C16H17N5. The van der Waals surface area contributed by atoms with Gasteiger partial charge in [-0.1, -0.05) is 18.2 Å². The molecule has 1 unspecified atom stereocenters. The van der Waals surface area contributed by atoms with Crippen LogP contribution in [0.2, 0.25) is 0 Å². The number of aryl methyl sites for hydroxylation is 2. The van der Waals surface area contributed by atoms with E-state index in [4.69, 9.17) is 5.84 Å². The van der Waals surface area contributed by atoms with Crippen molar-refractivity contribution in [3.8, 4) is 0 Å². The van der Waals surface area contributed by atoms with Gasteiger partial charge in [-0.05, 0) is 42.5 Å². The van der Waals surface area contributed by atoms with E-state index in [-0.39, 0.29) is 6.04 Å². The second-order valence-corrected chi connectivity index (χ2v) is 5.07. The molecule has 5 nitrogen and oxygen atoms in total. The molecule has 3 aromatic rings. The topological polar surface area (TPSA) is 76.7 Å². The molecule has 1 atom stereocenters. The Labute approximate surface area is 123 Å². The van der Waals surface area contributed by atoms with Gasteiger partial charge in [0.1, 0.15) is 0 Å². The molecule has 2 heterocycles. The average molecular weight is 279 g/mol. The van der Waals surface area contributed by atoms with Crippen LogP contribution in [0, 0.1) is 13.8 Å². The Bertz CT molecular complexity index is 779. The molecule has 0 saturated heterocycles. The van der Waals surface area contributed by atoms with Gasteiger partial charge in [-0.25, -0.2) is 5.43 Å². The first-order valence-electron chi connectivity index (χ1n) is 6.80. The number of nitrogens with one attached hydrogen (secondary N) is 1. The number of hydrazine groups is 1. The minimum Gasteiger partial charge on any atom is -0.271 e. The Hall–Kier alpha value is -2.37. The smallest absolute Gasteiger partial charge is 0.0735 e. The lowest BCUT2D eigenvalue weighted by molar-refractivity contribution is 0.629. The van der Waals surface area contributed by atoms with E-state index >= 15 is 0 Å². The van der Waals surface area contributed by atoms with Gasteiger partial charge >= 0.3 is 0 Å². The SMILES string of the molecule is Cc1cc(C(NN)c2cccc3cnccc23)c(C)nn1. The molecule has 0 saturated carbocycles. The Morgan fingerprint density at radius 1 is 1.10 bits per heavy atom. The van der Waals surface area contributed by atoms with Crippen molar-refractivity contribution in [1.29, 1.82) is 0 Å². The van der Waals surface area contributed by atoms with Crippen LogP contribution < -0.4 is 11.3 Å². The highest BCUT2D eigenvalue weighted by atomic mass is 15.2. The third-order valence-electron chi connectivity index (χ3n) is 3.64. The van der Waals surface area contributed by atoms with Crippen LogP contribution >= 0.6 is 0 Å². The zero-order chi connectivity index (χ0) is 14.8. The molecule has 0 fully saturated rings. The maximum absolute atomic E-state index is 5.83. The molecule has 0 radical (unpaired) electrons. The number of hydrogen-bond donors (Lipinski definition) is 2. The van der Waals surface area contributed by atoms with Crippen LogP contribution in [-0.4, -0.2) is 15.2 Å². The summed E-state index contributed by atoms with van der Waals surface area (Å²) in [5, 5.41) is 10.5. The van der Waals surface area contributed by atoms with Gasteiger partial charge in [0, 0.05) is 17.8 Å². The Morgan fingerprint density at radius 3 is 2.76 bits per heavy atom. The zero-order valence-corrected chi connectivity index (χ0v) is 12.0. The minimum atomic E-state index is -0.134. The van der Waals surface area contributed by atoms with E-state index in [1.807, 2.05) is 44.3 Å². The van der Waals surface area contributed by atoms with E-state index in [2.05, 4.69) is 26.7 Å². The van der Waals surface area contributed by atoms with E-state index in [0.29, 0.717) is 0 Å². The van der Waals surface area contributed by atoms with E-state index in [1.165, 1.54) is 0 Å². The molecule has 5 heteroatoms. The third kappa shape index (κ3) is 2.49. The maximum Gasteiger partial charge on any atom is 0.0735 e. The molecule has 3 N–H and O–H groups in total. The van der Waals surface area contributed by atoms with Crippen molar-refractivity contribution in [2.45, 2.75) is 19.9 Å². The summed E-state index contributed by atoms with van der Waals surface area (Å²) in [5.74, 6) is 5.83. The fourth-order valence-electron chi connectivity index (χ4n) is 2.61. The predicted octanol–water partition coefficient (Wildman–Crippen LogP) is 2.19. The van der Waals surface area contributed by atoms with Crippen LogP contribution in [0.1, 0.15) is 28.6 Å². The van der Waals surface area contributed by atoms with E-state index in [0.717, 1.165) is 33.3 Å². The predicted molar refractivity (Wildman–Crippen MR) is 82.4 cm³/mol. The molecule has 1 aromatic carbocycles. The monoisotopic (exact) mass is 279 g/mol. The van der Waals surface area contributed by atoms with Crippen molar-refractivity contribution in [2.75, 3.05) is 0 Å². The molecule has 21 heavy (non-hydrogen) atoms. The average Bonchev–Trinajstić information content (AvgIpc) is 2.51. The molecule has 0 bridgehead atoms. The minimum absolute atomic E-state index is 0.134. The summed E-state index contributed by atoms with van der Waals surface area (Å²) < 4.78 is 0. The number of aromatic nitrogens is 3. The molecule has 0 amide bonds. The lowest BCUT2D eigenvalue weighted by Gasteiger charge is -2.20. The van der Waals surface area contributed by atoms with Gasteiger partial charge in [0.2, 0.25) is 0 Å². The Balaban J connectivity index is 2.21. The van der Waals surface area contributed by atoms with Crippen LogP contribution in [0.5, 0.6) is 0 Å². The fourth-order valence-corrected chi connectivity index (χ4v) is 2.61. The molecule has 3 rings (SSSR count). The number of fused-ring (bicyclic) bond motifs is 1. The first-order chi connectivity index (χ1) is 10.2. The molecule has 2 aromatic heterocycles. The van der Waals surface area contributed by atoms with Gasteiger partial charge in [0.25, 0.3) is 0 Å². The summed E-state index contributed by atoms with van der Waals surface area (Å²) in [7, 11) is 0. The highest BCUT2D eigenvalue weighted by Crippen LogP contribution is 2.29. The molecular weight excluding hydrogens is 262 g/mol. The molecule has 0 spiro atoms. The highest BCUT2D eigenvalue weighted by molar-refractivity contribution is 5.85. The number of nitrogens with zero attached hydrogens (tertiary/aromatic N) is 3. The number of benzene rings is 1. The van der Waals surface area contributed by atoms with E-state index in [1.54, 1.807) is 6.20 Å². The summed E-state index contributed by atoms with van der Waals surface area (Å²) in [5.41, 5.74) is 6.79.